The van der Waals surface area contributed by atoms with Crippen LogP contribution in [0.4, 0.5) is 0 Å². The number of likely N-dealkylation sites (tertiary alicyclic amines) is 1. The van der Waals surface area contributed by atoms with Crippen molar-refractivity contribution in [3.8, 4) is 0 Å². The molecule has 0 aliphatic carbocycles. The number of hydrogen-bond acceptors (Lipinski definition) is 5. The van der Waals surface area contributed by atoms with Crippen molar-refractivity contribution in [2.45, 2.75) is 31.8 Å². The zero-order valence-corrected chi connectivity index (χ0v) is 11.1. The molecule has 1 fully saturated rings. The van der Waals surface area contributed by atoms with Crippen LogP contribution in [0.3, 0.4) is 0 Å². The molecular weight excluding hydrogens is 236 g/mol. The summed E-state index contributed by atoms with van der Waals surface area (Å²) in [6, 6.07) is 0. The average molecular weight is 258 g/mol. The number of nitrogens with zero attached hydrogens (tertiary/aromatic N) is 1. The van der Waals surface area contributed by atoms with Crippen LogP contribution in [0.15, 0.2) is 0 Å². The second-order valence-electron chi connectivity index (χ2n) is 4.81. The topological polar surface area (TPSA) is 78.9 Å². The third-order valence-corrected chi connectivity index (χ3v) is 3.08. The normalized spacial score (nSPS) is 19.2. The molecule has 0 aromatic heterocycles. The van der Waals surface area contributed by atoms with Crippen molar-refractivity contribution >= 4 is 11.9 Å². The third-order valence-electron chi connectivity index (χ3n) is 3.08. The number of aliphatic hydroxyl groups is 1. The number of esters is 1. The number of nitrogens with one attached hydrogen (secondary N) is 1. The van der Waals surface area contributed by atoms with Crippen LogP contribution in [0.2, 0.25) is 0 Å². The van der Waals surface area contributed by atoms with Crippen LogP contribution in [0.25, 0.3) is 0 Å². The molecule has 0 aromatic rings. The van der Waals surface area contributed by atoms with E-state index in [-0.39, 0.29) is 19.0 Å². The molecule has 0 saturated carbocycles. The lowest BCUT2D eigenvalue weighted by Crippen LogP contribution is -2.49. The van der Waals surface area contributed by atoms with Gasteiger partial charge in [-0.2, -0.15) is 0 Å². The van der Waals surface area contributed by atoms with Crippen molar-refractivity contribution in [1.82, 2.24) is 10.2 Å². The number of rotatable bonds is 5. The van der Waals surface area contributed by atoms with Gasteiger partial charge in [0, 0.05) is 19.6 Å². The molecule has 0 aromatic carbocycles. The molecule has 2 N–H and O–H groups in total. The molecule has 1 rings (SSSR count). The fourth-order valence-corrected chi connectivity index (χ4v) is 1.96. The molecule has 1 atom stereocenters. The highest BCUT2D eigenvalue weighted by atomic mass is 16.5. The Morgan fingerprint density at radius 2 is 1.94 bits per heavy atom. The average Bonchev–Trinajstić information content (AvgIpc) is 2.38. The van der Waals surface area contributed by atoms with E-state index in [1.165, 1.54) is 20.5 Å². The fraction of sp³-hybridized carbons (Fsp3) is 0.833. The number of hydrogen-bond donors (Lipinski definition) is 2. The molecule has 0 spiro atoms. The van der Waals surface area contributed by atoms with Crippen molar-refractivity contribution < 1.29 is 19.4 Å². The predicted octanol–water partition coefficient (Wildman–Crippen LogP) is -0.487. The maximum atomic E-state index is 11.8. The van der Waals surface area contributed by atoms with Gasteiger partial charge in [0.05, 0.1) is 13.7 Å². The Balaban J connectivity index is 2.28. The number of methoxy groups -OCH3 is 1. The van der Waals surface area contributed by atoms with Crippen LogP contribution in [-0.2, 0) is 14.3 Å². The van der Waals surface area contributed by atoms with E-state index < -0.39 is 11.6 Å². The lowest BCUT2D eigenvalue weighted by Gasteiger charge is -2.27. The summed E-state index contributed by atoms with van der Waals surface area (Å²) >= 11 is 0. The number of ether oxygens (including phenoxy) is 1. The smallest absolute Gasteiger partial charge is 0.338 e. The highest BCUT2D eigenvalue weighted by Gasteiger charge is 2.31. The van der Waals surface area contributed by atoms with Crippen LogP contribution in [0, 0.1) is 0 Å². The zero-order valence-electron chi connectivity index (χ0n) is 11.1. The van der Waals surface area contributed by atoms with Gasteiger partial charge in [0.2, 0.25) is 5.91 Å². The Kier molecular flexibility index (Phi) is 5.55. The molecule has 1 unspecified atom stereocenters. The van der Waals surface area contributed by atoms with E-state index in [0.29, 0.717) is 0 Å². The van der Waals surface area contributed by atoms with Crippen molar-refractivity contribution in [2.75, 3.05) is 33.3 Å². The second-order valence-corrected chi connectivity index (χ2v) is 4.81. The maximum absolute atomic E-state index is 11.8. The van der Waals surface area contributed by atoms with Gasteiger partial charge in [-0.05, 0) is 26.2 Å². The van der Waals surface area contributed by atoms with Gasteiger partial charge < -0.3 is 20.1 Å². The van der Waals surface area contributed by atoms with Crippen molar-refractivity contribution in [1.29, 1.82) is 0 Å². The van der Waals surface area contributed by atoms with E-state index in [1.807, 2.05) is 4.90 Å². The summed E-state index contributed by atoms with van der Waals surface area (Å²) in [5.41, 5.74) is -1.60. The molecule has 18 heavy (non-hydrogen) atoms. The Labute approximate surface area is 107 Å². The van der Waals surface area contributed by atoms with Gasteiger partial charge in [-0.25, -0.2) is 4.79 Å². The second kappa shape index (κ2) is 6.70. The van der Waals surface area contributed by atoms with E-state index in [1.54, 1.807) is 0 Å². The molecule has 1 aliphatic rings. The summed E-state index contributed by atoms with van der Waals surface area (Å²) < 4.78 is 4.46. The fourth-order valence-electron chi connectivity index (χ4n) is 1.96. The standard InChI is InChI=1S/C12H22N2O4/c1-12(17,11(16)18-2)9-13-8-10(15)14-6-4-3-5-7-14/h13,17H,3-9H2,1-2H3. The quantitative estimate of drug-likeness (QED) is 0.651. The lowest BCUT2D eigenvalue weighted by molar-refractivity contribution is -0.160. The summed E-state index contributed by atoms with van der Waals surface area (Å²) in [4.78, 5) is 24.8. The van der Waals surface area contributed by atoms with Crippen LogP contribution in [0.5, 0.6) is 0 Å². The number of amides is 1. The van der Waals surface area contributed by atoms with Gasteiger partial charge in [-0.15, -0.1) is 0 Å². The first kappa shape index (κ1) is 14.9. The third kappa shape index (κ3) is 4.27. The zero-order chi connectivity index (χ0) is 13.6. The summed E-state index contributed by atoms with van der Waals surface area (Å²) in [6.07, 6.45) is 3.27. The molecule has 1 saturated heterocycles. The van der Waals surface area contributed by atoms with Gasteiger partial charge in [-0.3, -0.25) is 4.79 Å². The molecule has 6 heteroatoms. The summed E-state index contributed by atoms with van der Waals surface area (Å²) in [5.74, 6) is -0.698. The van der Waals surface area contributed by atoms with E-state index >= 15 is 0 Å². The predicted molar refractivity (Wildman–Crippen MR) is 65.9 cm³/mol. The summed E-state index contributed by atoms with van der Waals surface area (Å²) in [7, 11) is 1.22. The van der Waals surface area contributed by atoms with Crippen LogP contribution >= 0.6 is 0 Å². The van der Waals surface area contributed by atoms with E-state index in [9.17, 15) is 14.7 Å². The van der Waals surface area contributed by atoms with E-state index in [2.05, 4.69) is 10.1 Å². The molecule has 0 bridgehead atoms. The van der Waals surface area contributed by atoms with Gasteiger partial charge in [0.1, 0.15) is 0 Å². The van der Waals surface area contributed by atoms with Crippen LogP contribution in [-0.4, -0.2) is 60.8 Å². The monoisotopic (exact) mass is 258 g/mol. The highest BCUT2D eigenvalue weighted by Crippen LogP contribution is 2.08. The Hall–Kier alpha value is -1.14. The summed E-state index contributed by atoms with van der Waals surface area (Å²) in [5, 5.41) is 12.5. The van der Waals surface area contributed by atoms with E-state index in [4.69, 9.17) is 0 Å². The minimum absolute atomic E-state index is 0.000741. The number of piperidine rings is 1. The van der Waals surface area contributed by atoms with Gasteiger partial charge in [-0.1, -0.05) is 0 Å². The largest absolute Gasteiger partial charge is 0.467 e. The first-order valence-electron chi connectivity index (χ1n) is 6.26. The number of carbonyl (C=O) groups is 2. The minimum atomic E-state index is -1.60. The first-order chi connectivity index (χ1) is 8.47. The minimum Gasteiger partial charge on any atom is -0.467 e. The SMILES string of the molecule is COC(=O)C(C)(O)CNCC(=O)N1CCCCC1. The summed E-state index contributed by atoms with van der Waals surface area (Å²) in [6.45, 7) is 3.09. The lowest BCUT2D eigenvalue weighted by atomic mass is 10.1. The molecule has 1 heterocycles. The highest BCUT2D eigenvalue weighted by molar-refractivity contribution is 5.80. The molecule has 104 valence electrons. The van der Waals surface area contributed by atoms with Crippen molar-refractivity contribution in [3.63, 3.8) is 0 Å². The maximum Gasteiger partial charge on any atom is 0.338 e. The Morgan fingerprint density at radius 3 is 2.50 bits per heavy atom. The number of carbonyl (C=O) groups excluding carboxylic acids is 2. The molecule has 1 amide bonds. The Bertz CT molecular complexity index is 298. The Morgan fingerprint density at radius 1 is 1.33 bits per heavy atom. The van der Waals surface area contributed by atoms with Gasteiger partial charge >= 0.3 is 5.97 Å². The van der Waals surface area contributed by atoms with E-state index in [0.717, 1.165) is 25.9 Å². The van der Waals surface area contributed by atoms with Crippen molar-refractivity contribution in [2.24, 2.45) is 0 Å². The van der Waals surface area contributed by atoms with Crippen molar-refractivity contribution in [3.05, 3.63) is 0 Å². The van der Waals surface area contributed by atoms with Gasteiger partial charge in [0.15, 0.2) is 5.60 Å². The molecule has 0 radical (unpaired) electrons. The molecule has 6 nitrogen and oxygen atoms in total. The van der Waals surface area contributed by atoms with Crippen LogP contribution < -0.4 is 5.32 Å². The van der Waals surface area contributed by atoms with Crippen LogP contribution in [0.1, 0.15) is 26.2 Å². The molecule has 1 aliphatic heterocycles. The van der Waals surface area contributed by atoms with Gasteiger partial charge in [0.25, 0.3) is 0 Å². The molecular formula is C12H22N2O4. The first-order valence-corrected chi connectivity index (χ1v) is 6.26.